The lowest BCUT2D eigenvalue weighted by Crippen LogP contribution is -2.19. The van der Waals surface area contributed by atoms with Crippen molar-refractivity contribution in [2.45, 2.75) is 33.1 Å². The van der Waals surface area contributed by atoms with Crippen LogP contribution in [0.2, 0.25) is 0 Å². The zero-order valence-corrected chi connectivity index (χ0v) is 14.2. The number of rotatable bonds is 3. The quantitative estimate of drug-likeness (QED) is 0.685. The van der Waals surface area contributed by atoms with Crippen LogP contribution in [0.25, 0.3) is 11.0 Å². The largest absolute Gasteiger partial charge is 0.507 e. The molecule has 24 heavy (non-hydrogen) atoms. The Kier molecular flexibility index (Phi) is 4.18. The van der Waals surface area contributed by atoms with Gasteiger partial charge in [-0.2, -0.15) is 0 Å². The molecule has 0 radical (unpaired) electrons. The summed E-state index contributed by atoms with van der Waals surface area (Å²) in [5.41, 5.74) is 1.28. The van der Waals surface area contributed by atoms with Crippen molar-refractivity contribution in [1.29, 1.82) is 0 Å². The van der Waals surface area contributed by atoms with Crippen molar-refractivity contribution in [2.75, 3.05) is 0 Å². The summed E-state index contributed by atoms with van der Waals surface area (Å²) in [6.45, 7) is 6.38. The first-order valence-corrected chi connectivity index (χ1v) is 8.16. The van der Waals surface area contributed by atoms with Crippen LogP contribution in [0.15, 0.2) is 63.8 Å². The molecule has 0 aliphatic rings. The summed E-state index contributed by atoms with van der Waals surface area (Å²) < 4.78 is 5.48. The molecule has 3 nitrogen and oxygen atoms in total. The molecule has 3 aromatic rings. The van der Waals surface area contributed by atoms with Gasteiger partial charge >= 0.3 is 5.63 Å². The van der Waals surface area contributed by atoms with Gasteiger partial charge in [-0.05, 0) is 29.5 Å². The van der Waals surface area contributed by atoms with Gasteiger partial charge < -0.3 is 9.52 Å². The summed E-state index contributed by atoms with van der Waals surface area (Å²) in [4.78, 5) is 12.6. The minimum atomic E-state index is -0.468. The van der Waals surface area contributed by atoms with Crippen LogP contribution in [0.1, 0.15) is 44.2 Å². The average Bonchev–Trinajstić information content (AvgIpc) is 2.53. The van der Waals surface area contributed by atoms with Gasteiger partial charge in [0, 0.05) is 5.92 Å². The number of hydrogen-bond acceptors (Lipinski definition) is 3. The molecule has 0 amide bonds. The smallest absolute Gasteiger partial charge is 0.343 e. The van der Waals surface area contributed by atoms with Gasteiger partial charge in [0.2, 0.25) is 0 Å². The molecule has 0 aliphatic heterocycles. The van der Waals surface area contributed by atoms with E-state index in [2.05, 4.69) is 20.8 Å². The molecule has 1 heterocycles. The Balaban J connectivity index is 2.25. The molecule has 0 fully saturated rings. The van der Waals surface area contributed by atoms with Crippen LogP contribution in [0.5, 0.6) is 5.75 Å². The minimum absolute atomic E-state index is 0.00890. The van der Waals surface area contributed by atoms with Crippen LogP contribution in [-0.2, 0) is 0 Å². The van der Waals surface area contributed by atoms with Crippen molar-refractivity contribution in [2.24, 2.45) is 5.41 Å². The molecular weight excluding hydrogens is 300 g/mol. The minimum Gasteiger partial charge on any atom is -0.507 e. The monoisotopic (exact) mass is 322 g/mol. The van der Waals surface area contributed by atoms with E-state index >= 15 is 0 Å². The SMILES string of the molecule is CC(C)(C)CC(c1ccccc1)c1c(O)c2ccccc2oc1=O. The zero-order valence-electron chi connectivity index (χ0n) is 14.2. The van der Waals surface area contributed by atoms with Crippen LogP contribution in [0, 0.1) is 5.41 Å². The van der Waals surface area contributed by atoms with Gasteiger partial charge in [0.25, 0.3) is 0 Å². The highest BCUT2D eigenvalue weighted by molar-refractivity contribution is 5.84. The van der Waals surface area contributed by atoms with Crippen LogP contribution >= 0.6 is 0 Å². The zero-order chi connectivity index (χ0) is 17.3. The number of aromatic hydroxyl groups is 1. The van der Waals surface area contributed by atoms with Crippen LogP contribution < -0.4 is 5.63 Å². The van der Waals surface area contributed by atoms with Crippen LogP contribution in [0.3, 0.4) is 0 Å². The van der Waals surface area contributed by atoms with E-state index in [0.717, 1.165) is 12.0 Å². The maximum absolute atomic E-state index is 12.6. The summed E-state index contributed by atoms with van der Waals surface area (Å²) in [5, 5.41) is 11.4. The summed E-state index contributed by atoms with van der Waals surface area (Å²) in [7, 11) is 0. The van der Waals surface area contributed by atoms with E-state index in [9.17, 15) is 9.90 Å². The van der Waals surface area contributed by atoms with Crippen molar-refractivity contribution in [3.8, 4) is 5.75 Å². The van der Waals surface area contributed by atoms with E-state index in [1.165, 1.54) is 0 Å². The average molecular weight is 322 g/mol. The third-order valence-electron chi connectivity index (χ3n) is 4.19. The third kappa shape index (κ3) is 3.21. The number of benzene rings is 2. The first-order valence-electron chi connectivity index (χ1n) is 8.16. The lowest BCUT2D eigenvalue weighted by atomic mass is 9.78. The van der Waals surface area contributed by atoms with E-state index in [1.54, 1.807) is 18.2 Å². The molecule has 1 N–H and O–H groups in total. The molecular formula is C21H22O3. The molecule has 0 aliphatic carbocycles. The topological polar surface area (TPSA) is 50.4 Å². The summed E-state index contributed by atoms with van der Waals surface area (Å²) in [6, 6.07) is 16.9. The Bertz CT molecular complexity index is 902. The second kappa shape index (κ2) is 6.16. The van der Waals surface area contributed by atoms with Crippen LogP contribution in [-0.4, -0.2) is 5.11 Å². The fraction of sp³-hybridized carbons (Fsp3) is 0.286. The molecule has 1 atom stereocenters. The Morgan fingerprint density at radius 3 is 2.29 bits per heavy atom. The summed E-state index contributed by atoms with van der Waals surface area (Å²) >= 11 is 0. The van der Waals surface area contributed by atoms with Gasteiger partial charge in [0.15, 0.2) is 0 Å². The van der Waals surface area contributed by atoms with Gasteiger partial charge in [-0.3, -0.25) is 0 Å². The number of para-hydroxylation sites is 1. The molecule has 2 aromatic carbocycles. The van der Waals surface area contributed by atoms with Crippen molar-refractivity contribution in [3.05, 3.63) is 76.1 Å². The van der Waals surface area contributed by atoms with E-state index in [1.807, 2.05) is 36.4 Å². The highest BCUT2D eigenvalue weighted by Gasteiger charge is 2.28. The molecule has 0 bridgehead atoms. The van der Waals surface area contributed by atoms with Gasteiger partial charge in [0.05, 0.1) is 10.9 Å². The molecule has 0 spiro atoms. The van der Waals surface area contributed by atoms with Gasteiger partial charge in [0.1, 0.15) is 11.3 Å². The molecule has 3 rings (SSSR count). The molecule has 0 saturated heterocycles. The van der Waals surface area contributed by atoms with Crippen molar-refractivity contribution >= 4 is 11.0 Å². The molecule has 124 valence electrons. The highest BCUT2D eigenvalue weighted by atomic mass is 16.4. The predicted molar refractivity (Wildman–Crippen MR) is 96.5 cm³/mol. The molecule has 3 heteroatoms. The van der Waals surface area contributed by atoms with Crippen molar-refractivity contribution < 1.29 is 9.52 Å². The van der Waals surface area contributed by atoms with Gasteiger partial charge in [-0.15, -0.1) is 0 Å². The second-order valence-corrected chi connectivity index (χ2v) is 7.38. The second-order valence-electron chi connectivity index (χ2n) is 7.38. The van der Waals surface area contributed by atoms with E-state index in [4.69, 9.17) is 4.42 Å². The highest BCUT2D eigenvalue weighted by Crippen LogP contribution is 2.40. The predicted octanol–water partition coefficient (Wildman–Crippen LogP) is 5.07. The fourth-order valence-electron chi connectivity index (χ4n) is 3.14. The maximum Gasteiger partial charge on any atom is 0.343 e. The first-order chi connectivity index (χ1) is 11.4. The van der Waals surface area contributed by atoms with Crippen molar-refractivity contribution in [1.82, 2.24) is 0 Å². The first kappa shape index (κ1) is 16.3. The lowest BCUT2D eigenvalue weighted by Gasteiger charge is -2.26. The van der Waals surface area contributed by atoms with Gasteiger partial charge in [-0.1, -0.05) is 63.2 Å². The Morgan fingerprint density at radius 2 is 1.62 bits per heavy atom. The van der Waals surface area contributed by atoms with Gasteiger partial charge in [-0.25, -0.2) is 4.79 Å². The fourth-order valence-corrected chi connectivity index (χ4v) is 3.14. The summed E-state index contributed by atoms with van der Waals surface area (Å²) in [5.74, 6) is -0.188. The Labute approximate surface area is 141 Å². The number of fused-ring (bicyclic) bond motifs is 1. The van der Waals surface area contributed by atoms with E-state index in [0.29, 0.717) is 16.5 Å². The lowest BCUT2D eigenvalue weighted by molar-refractivity contribution is 0.347. The number of hydrogen-bond donors (Lipinski definition) is 1. The summed E-state index contributed by atoms with van der Waals surface area (Å²) in [6.07, 6.45) is 0.730. The molecule has 1 unspecified atom stereocenters. The molecule has 0 saturated carbocycles. The Morgan fingerprint density at radius 1 is 1.00 bits per heavy atom. The molecule has 1 aromatic heterocycles. The Hall–Kier alpha value is -2.55. The third-order valence-corrected chi connectivity index (χ3v) is 4.19. The maximum atomic E-state index is 12.6. The standard InChI is InChI=1S/C21H22O3/c1-21(2,3)13-16(14-9-5-4-6-10-14)18-19(22)15-11-7-8-12-17(15)24-20(18)23/h4-12,16,22H,13H2,1-3H3. The van der Waals surface area contributed by atoms with E-state index in [-0.39, 0.29) is 17.1 Å². The van der Waals surface area contributed by atoms with Crippen LogP contribution in [0.4, 0.5) is 0 Å². The van der Waals surface area contributed by atoms with E-state index < -0.39 is 5.63 Å². The van der Waals surface area contributed by atoms with Crippen molar-refractivity contribution in [3.63, 3.8) is 0 Å². The normalized spacial score (nSPS) is 13.1.